The monoisotopic (exact) mass is 559 g/mol. The first-order valence-electron chi connectivity index (χ1n) is 14.6. The van der Waals surface area contributed by atoms with Crippen LogP contribution in [0.25, 0.3) is 11.1 Å². The minimum Gasteiger partial charge on any atom is -0.395 e. The number of hydrogen-bond donors (Lipinski definition) is 4. The zero-order valence-corrected chi connectivity index (χ0v) is 23.7. The van der Waals surface area contributed by atoms with Crippen LogP contribution in [0.2, 0.25) is 0 Å². The number of urea groups is 1. The van der Waals surface area contributed by atoms with E-state index in [-0.39, 0.29) is 37.5 Å². The summed E-state index contributed by atoms with van der Waals surface area (Å²) in [7, 11) is 0. The number of nitrogens with zero attached hydrogens (tertiary/aromatic N) is 1. The molecule has 4 atom stereocenters. The highest BCUT2D eigenvalue weighted by atomic mass is 16.7. The number of benzene rings is 3. The smallest absolute Gasteiger partial charge is 0.315 e. The molecular formula is C33H41N3O5. The van der Waals surface area contributed by atoms with Crippen LogP contribution < -0.4 is 10.6 Å². The Hall–Kier alpha value is -3.27. The van der Waals surface area contributed by atoms with E-state index < -0.39 is 6.29 Å². The fourth-order valence-electron chi connectivity index (χ4n) is 5.74. The number of aliphatic hydroxyl groups is 2. The standard InChI is InChI=1S/C33H41N3O5/c1-2-34-33(39)35-19-24-5-3-6-28(17-24)25-12-14-27(15-13-25)32-40-30(20-36-16-4-7-29(36)22-38)18-31(41-32)26-10-8-23(21-37)9-11-26/h3,5-6,8-15,17,29-32,37-38H,2,4,7,16,18-22H2,1H3,(H2,34,35,39)/t29-,30-,31+,32+/m0/s1. The highest BCUT2D eigenvalue weighted by Gasteiger charge is 2.35. The van der Waals surface area contributed by atoms with Gasteiger partial charge in [-0.2, -0.15) is 0 Å². The fourth-order valence-corrected chi connectivity index (χ4v) is 5.74. The summed E-state index contributed by atoms with van der Waals surface area (Å²) >= 11 is 0. The first kappa shape index (κ1) is 29.2. The summed E-state index contributed by atoms with van der Waals surface area (Å²) in [4.78, 5) is 14.1. The number of likely N-dealkylation sites (tertiary alicyclic amines) is 1. The van der Waals surface area contributed by atoms with E-state index in [1.54, 1.807) is 0 Å². The van der Waals surface area contributed by atoms with Crippen LogP contribution in [0.15, 0.2) is 72.8 Å². The number of carbonyl (C=O) groups is 1. The molecular weight excluding hydrogens is 518 g/mol. The molecule has 2 amide bonds. The Morgan fingerprint density at radius 1 is 0.927 bits per heavy atom. The lowest BCUT2D eigenvalue weighted by molar-refractivity contribution is -0.253. The van der Waals surface area contributed by atoms with Crippen molar-refractivity contribution in [2.45, 2.75) is 63.9 Å². The molecule has 2 saturated heterocycles. The fraction of sp³-hybridized carbons (Fsp3) is 0.424. The van der Waals surface area contributed by atoms with Crippen molar-refractivity contribution in [3.63, 3.8) is 0 Å². The van der Waals surface area contributed by atoms with Crippen molar-refractivity contribution in [1.29, 1.82) is 0 Å². The average molecular weight is 560 g/mol. The Morgan fingerprint density at radius 3 is 2.44 bits per heavy atom. The number of ether oxygens (including phenoxy) is 2. The molecule has 2 aliphatic rings. The zero-order valence-electron chi connectivity index (χ0n) is 23.7. The molecule has 4 N–H and O–H groups in total. The van der Waals surface area contributed by atoms with E-state index >= 15 is 0 Å². The van der Waals surface area contributed by atoms with Crippen LogP contribution in [0.5, 0.6) is 0 Å². The minimum absolute atomic E-state index is 0.0115. The second kappa shape index (κ2) is 14.1. The zero-order chi connectivity index (χ0) is 28.6. The first-order valence-corrected chi connectivity index (χ1v) is 14.6. The van der Waals surface area contributed by atoms with Crippen LogP contribution in [0.1, 0.15) is 60.8 Å². The number of aliphatic hydroxyl groups excluding tert-OH is 2. The van der Waals surface area contributed by atoms with Gasteiger partial charge in [0.1, 0.15) is 0 Å². The first-order chi connectivity index (χ1) is 20.1. The van der Waals surface area contributed by atoms with Gasteiger partial charge in [-0.05, 0) is 60.2 Å². The predicted octanol–water partition coefficient (Wildman–Crippen LogP) is 4.67. The highest BCUT2D eigenvalue weighted by molar-refractivity contribution is 5.73. The minimum atomic E-state index is -0.520. The van der Waals surface area contributed by atoms with E-state index in [1.165, 1.54) is 0 Å². The maximum atomic E-state index is 11.8. The third kappa shape index (κ3) is 7.52. The summed E-state index contributed by atoms with van der Waals surface area (Å²) in [5, 5.41) is 24.9. The Morgan fingerprint density at radius 2 is 1.71 bits per heavy atom. The van der Waals surface area contributed by atoms with Crippen LogP contribution in [-0.2, 0) is 22.6 Å². The third-order valence-corrected chi connectivity index (χ3v) is 8.00. The van der Waals surface area contributed by atoms with Crippen LogP contribution in [0.4, 0.5) is 4.79 Å². The molecule has 3 aromatic rings. The summed E-state index contributed by atoms with van der Waals surface area (Å²) in [6.45, 7) is 4.85. The second-order valence-corrected chi connectivity index (χ2v) is 10.9. The van der Waals surface area contributed by atoms with Gasteiger partial charge in [0.15, 0.2) is 6.29 Å². The summed E-state index contributed by atoms with van der Waals surface area (Å²) in [5.74, 6) is 0. The molecule has 5 rings (SSSR count). The molecule has 3 aromatic carbocycles. The molecule has 2 aliphatic heterocycles. The molecule has 0 saturated carbocycles. The van der Waals surface area contributed by atoms with Gasteiger partial charge < -0.3 is 30.3 Å². The molecule has 0 aliphatic carbocycles. The van der Waals surface area contributed by atoms with E-state index in [9.17, 15) is 15.0 Å². The van der Waals surface area contributed by atoms with Gasteiger partial charge in [-0.15, -0.1) is 0 Å². The lowest BCUT2D eigenvalue weighted by Gasteiger charge is -2.38. The van der Waals surface area contributed by atoms with Crippen molar-refractivity contribution in [2.24, 2.45) is 0 Å². The van der Waals surface area contributed by atoms with Gasteiger partial charge in [-0.25, -0.2) is 4.79 Å². The SMILES string of the molecule is CCNC(=O)NCc1cccc(-c2ccc([C@@H]3O[C@H](CN4CCC[C@H]4CO)C[C@H](c4ccc(CO)cc4)O3)cc2)c1. The van der Waals surface area contributed by atoms with Crippen molar-refractivity contribution >= 4 is 6.03 Å². The van der Waals surface area contributed by atoms with Gasteiger partial charge in [0.05, 0.1) is 25.4 Å². The quantitative estimate of drug-likeness (QED) is 0.288. The van der Waals surface area contributed by atoms with Crippen molar-refractivity contribution in [3.05, 3.63) is 95.1 Å². The maximum absolute atomic E-state index is 11.8. The maximum Gasteiger partial charge on any atom is 0.315 e. The highest BCUT2D eigenvalue weighted by Crippen LogP contribution is 2.39. The normalized spacial score (nSPS) is 22.9. The van der Waals surface area contributed by atoms with E-state index in [0.717, 1.165) is 65.7 Å². The third-order valence-electron chi connectivity index (χ3n) is 8.00. The van der Waals surface area contributed by atoms with Gasteiger partial charge in [0.2, 0.25) is 0 Å². The summed E-state index contributed by atoms with van der Waals surface area (Å²) in [6.07, 6.45) is 2.12. The lowest BCUT2D eigenvalue weighted by Crippen LogP contribution is -2.42. The Kier molecular flexibility index (Phi) is 10.0. The van der Waals surface area contributed by atoms with E-state index in [4.69, 9.17) is 9.47 Å². The Bertz CT molecular complexity index is 1270. The van der Waals surface area contributed by atoms with Crippen molar-refractivity contribution < 1.29 is 24.5 Å². The molecule has 8 nitrogen and oxygen atoms in total. The molecule has 2 heterocycles. The number of nitrogens with one attached hydrogen (secondary N) is 2. The van der Waals surface area contributed by atoms with Crippen molar-refractivity contribution in [2.75, 3.05) is 26.2 Å². The molecule has 0 radical (unpaired) electrons. The molecule has 0 unspecified atom stereocenters. The van der Waals surface area contributed by atoms with Gasteiger partial charge >= 0.3 is 6.03 Å². The second-order valence-electron chi connectivity index (χ2n) is 10.9. The Balaban J connectivity index is 1.31. The molecule has 2 fully saturated rings. The van der Waals surface area contributed by atoms with Gasteiger partial charge in [0.25, 0.3) is 0 Å². The lowest BCUT2D eigenvalue weighted by atomic mass is 9.99. The summed E-state index contributed by atoms with van der Waals surface area (Å²) in [5.41, 5.74) is 6.05. The molecule has 0 bridgehead atoms. The molecule has 218 valence electrons. The van der Waals surface area contributed by atoms with Crippen LogP contribution >= 0.6 is 0 Å². The number of hydrogen-bond acceptors (Lipinski definition) is 6. The largest absolute Gasteiger partial charge is 0.395 e. The molecule has 41 heavy (non-hydrogen) atoms. The Labute approximate surface area is 242 Å². The van der Waals surface area contributed by atoms with E-state index in [1.807, 2.05) is 43.3 Å². The van der Waals surface area contributed by atoms with E-state index in [2.05, 4.69) is 51.9 Å². The van der Waals surface area contributed by atoms with E-state index in [0.29, 0.717) is 13.1 Å². The average Bonchev–Trinajstić information content (AvgIpc) is 3.47. The van der Waals surface area contributed by atoms with Gasteiger partial charge in [0, 0.05) is 37.7 Å². The number of rotatable bonds is 10. The topological polar surface area (TPSA) is 103 Å². The van der Waals surface area contributed by atoms with Gasteiger partial charge in [-0.3, -0.25) is 4.90 Å². The number of amides is 2. The van der Waals surface area contributed by atoms with Gasteiger partial charge in [-0.1, -0.05) is 66.7 Å². The van der Waals surface area contributed by atoms with Crippen molar-refractivity contribution in [1.82, 2.24) is 15.5 Å². The van der Waals surface area contributed by atoms with Crippen LogP contribution in [0, 0.1) is 0 Å². The van der Waals surface area contributed by atoms with Crippen LogP contribution in [0.3, 0.4) is 0 Å². The number of carbonyl (C=O) groups excluding carboxylic acids is 1. The predicted molar refractivity (Wildman–Crippen MR) is 158 cm³/mol. The summed E-state index contributed by atoms with van der Waals surface area (Å²) < 4.78 is 13.1. The molecule has 8 heteroatoms. The molecule has 0 spiro atoms. The van der Waals surface area contributed by atoms with Crippen molar-refractivity contribution in [3.8, 4) is 11.1 Å². The van der Waals surface area contributed by atoms with Crippen LogP contribution in [-0.4, -0.2) is 59.5 Å². The summed E-state index contributed by atoms with van der Waals surface area (Å²) in [6, 6.07) is 24.4. The molecule has 0 aromatic heterocycles.